The number of hydrogen-bond donors (Lipinski definition) is 0. The molecule has 0 spiro atoms. The maximum Gasteiger partial charge on any atom is 0.209 e. The summed E-state index contributed by atoms with van der Waals surface area (Å²) >= 11 is 3.42. The van der Waals surface area contributed by atoms with E-state index < -0.39 is 0 Å². The molecule has 25 heavy (non-hydrogen) atoms. The second kappa shape index (κ2) is 7.90. The molecule has 0 aliphatic carbocycles. The number of aryl methyl sites for hydroxylation is 1. The summed E-state index contributed by atoms with van der Waals surface area (Å²) in [6, 6.07) is 17.2. The highest BCUT2D eigenvalue weighted by molar-refractivity contribution is 9.10. The number of Topliss-reactive ketones (excluding diaryl/α,β-unsaturated/α-hetero) is 1. The van der Waals surface area contributed by atoms with E-state index in [0.29, 0.717) is 11.3 Å². The lowest BCUT2D eigenvalue weighted by Gasteiger charge is -2.07. The molecule has 4 heteroatoms. The largest absolute Gasteiger partial charge is 0.302 e. The minimum absolute atomic E-state index is 0.0431. The van der Waals surface area contributed by atoms with Crippen molar-refractivity contribution in [1.29, 1.82) is 0 Å². The fourth-order valence-corrected chi connectivity index (χ4v) is 2.66. The Morgan fingerprint density at radius 1 is 1.08 bits per heavy atom. The number of allylic oxidation sites excluding steroid dienone is 3. The van der Waals surface area contributed by atoms with E-state index in [-0.39, 0.29) is 5.78 Å². The van der Waals surface area contributed by atoms with Gasteiger partial charge in [-0.3, -0.25) is 4.79 Å². The number of aromatic nitrogens is 2. The summed E-state index contributed by atoms with van der Waals surface area (Å²) in [6.45, 7) is 1.90. The minimum atomic E-state index is -0.0431. The van der Waals surface area contributed by atoms with E-state index in [2.05, 4.69) is 20.9 Å². The van der Waals surface area contributed by atoms with Crippen LogP contribution in [0.2, 0.25) is 0 Å². The Morgan fingerprint density at radius 2 is 1.80 bits per heavy atom. The van der Waals surface area contributed by atoms with Gasteiger partial charge in [-0.05, 0) is 30.7 Å². The van der Waals surface area contributed by atoms with Crippen LogP contribution in [0.5, 0.6) is 0 Å². The van der Waals surface area contributed by atoms with Gasteiger partial charge in [0.05, 0.1) is 17.7 Å². The number of nitrogens with zero attached hydrogens (tertiary/aromatic N) is 2. The van der Waals surface area contributed by atoms with Gasteiger partial charge in [0.1, 0.15) is 0 Å². The van der Waals surface area contributed by atoms with E-state index in [0.717, 1.165) is 15.7 Å². The molecule has 0 N–H and O–H groups in total. The molecule has 3 aromatic rings. The number of ketones is 1. The van der Waals surface area contributed by atoms with E-state index in [9.17, 15) is 4.79 Å². The number of rotatable bonds is 5. The van der Waals surface area contributed by atoms with E-state index in [1.54, 1.807) is 10.9 Å². The molecule has 0 atom stereocenters. The van der Waals surface area contributed by atoms with Gasteiger partial charge in [-0.2, -0.15) is 0 Å². The van der Waals surface area contributed by atoms with Crippen molar-refractivity contribution >= 4 is 33.5 Å². The van der Waals surface area contributed by atoms with Crippen LogP contribution in [-0.2, 0) is 0 Å². The van der Waals surface area contributed by atoms with Crippen molar-refractivity contribution in [2.45, 2.75) is 6.92 Å². The van der Waals surface area contributed by atoms with Gasteiger partial charge in [0.25, 0.3) is 0 Å². The fraction of sp³-hybridized carbons (Fsp3) is 0.0476. The quantitative estimate of drug-likeness (QED) is 0.331. The highest BCUT2D eigenvalue weighted by Crippen LogP contribution is 2.16. The molecule has 0 bridgehead atoms. The Bertz CT molecular complexity index is 922. The van der Waals surface area contributed by atoms with Gasteiger partial charge in [0, 0.05) is 16.2 Å². The summed E-state index contributed by atoms with van der Waals surface area (Å²) in [5, 5.41) is 0. The van der Waals surface area contributed by atoms with Crippen LogP contribution in [0.15, 0.2) is 83.7 Å². The topological polar surface area (TPSA) is 34.9 Å². The number of imidazole rings is 1. The molecule has 0 saturated carbocycles. The van der Waals surface area contributed by atoms with Crippen LogP contribution in [0.3, 0.4) is 0 Å². The van der Waals surface area contributed by atoms with Crippen LogP contribution >= 0.6 is 15.9 Å². The van der Waals surface area contributed by atoms with Crippen molar-refractivity contribution in [3.8, 4) is 0 Å². The van der Waals surface area contributed by atoms with Crippen LogP contribution < -0.4 is 0 Å². The number of halogens is 1. The SMILES string of the molecule is Cc1cn(/C(=C\C=C\c2ccc(Br)cc2)C(=O)c2ccccc2)cn1. The normalized spacial score (nSPS) is 11.8. The Balaban J connectivity index is 1.93. The van der Waals surface area contributed by atoms with Crippen LogP contribution in [0.1, 0.15) is 21.6 Å². The zero-order valence-corrected chi connectivity index (χ0v) is 15.3. The van der Waals surface area contributed by atoms with Crippen molar-refractivity contribution in [1.82, 2.24) is 9.55 Å². The molecule has 1 aromatic heterocycles. The summed E-state index contributed by atoms with van der Waals surface area (Å²) in [5.74, 6) is -0.0431. The molecule has 0 radical (unpaired) electrons. The van der Waals surface area contributed by atoms with Crippen LogP contribution in [0.25, 0.3) is 11.8 Å². The van der Waals surface area contributed by atoms with E-state index in [4.69, 9.17) is 0 Å². The van der Waals surface area contributed by atoms with Gasteiger partial charge in [0.2, 0.25) is 5.78 Å². The molecule has 0 saturated heterocycles. The molecule has 2 aromatic carbocycles. The number of carbonyl (C=O) groups is 1. The predicted molar refractivity (Wildman–Crippen MR) is 105 cm³/mol. The van der Waals surface area contributed by atoms with Crippen LogP contribution in [-0.4, -0.2) is 15.3 Å². The predicted octanol–water partition coefficient (Wildman–Crippen LogP) is 5.39. The lowest BCUT2D eigenvalue weighted by Crippen LogP contribution is -2.07. The number of carbonyl (C=O) groups excluding carboxylic acids is 1. The van der Waals surface area contributed by atoms with Crippen LogP contribution in [0, 0.1) is 6.92 Å². The van der Waals surface area contributed by atoms with Crippen molar-refractivity contribution in [2.75, 3.05) is 0 Å². The Kier molecular flexibility index (Phi) is 5.41. The van der Waals surface area contributed by atoms with Gasteiger partial charge in [-0.1, -0.05) is 70.5 Å². The van der Waals surface area contributed by atoms with E-state index in [1.165, 1.54) is 0 Å². The van der Waals surface area contributed by atoms with Crippen molar-refractivity contribution in [3.05, 3.63) is 101 Å². The highest BCUT2D eigenvalue weighted by Gasteiger charge is 2.13. The Morgan fingerprint density at radius 3 is 2.44 bits per heavy atom. The molecular formula is C21H17BrN2O. The second-order valence-electron chi connectivity index (χ2n) is 5.58. The standard InChI is InChI=1S/C21H17BrN2O/c1-16-14-24(15-23-16)20(21(25)18-7-3-2-4-8-18)9-5-6-17-10-12-19(22)13-11-17/h2-15H,1H3/b6-5+,20-9-. The third-order valence-electron chi connectivity index (χ3n) is 3.67. The summed E-state index contributed by atoms with van der Waals surface area (Å²) < 4.78 is 2.80. The first kappa shape index (κ1) is 17.1. The summed E-state index contributed by atoms with van der Waals surface area (Å²) in [5.41, 5.74) is 3.13. The van der Waals surface area contributed by atoms with Gasteiger partial charge in [-0.15, -0.1) is 0 Å². The third-order valence-corrected chi connectivity index (χ3v) is 4.20. The molecule has 1 heterocycles. The molecule has 0 unspecified atom stereocenters. The maximum absolute atomic E-state index is 12.9. The molecule has 124 valence electrons. The molecule has 0 aliphatic heterocycles. The molecule has 0 aliphatic rings. The Hall–Kier alpha value is -2.72. The first-order valence-corrected chi connectivity index (χ1v) is 8.67. The van der Waals surface area contributed by atoms with E-state index in [1.807, 2.05) is 85.9 Å². The summed E-state index contributed by atoms with van der Waals surface area (Å²) in [7, 11) is 0. The average Bonchev–Trinajstić information content (AvgIpc) is 3.06. The molecule has 0 fully saturated rings. The Labute approximate surface area is 155 Å². The lowest BCUT2D eigenvalue weighted by molar-refractivity contribution is 0.105. The minimum Gasteiger partial charge on any atom is -0.302 e. The first-order chi connectivity index (χ1) is 12.1. The van der Waals surface area contributed by atoms with Crippen molar-refractivity contribution in [2.24, 2.45) is 0 Å². The van der Waals surface area contributed by atoms with E-state index >= 15 is 0 Å². The van der Waals surface area contributed by atoms with Crippen molar-refractivity contribution in [3.63, 3.8) is 0 Å². The maximum atomic E-state index is 12.9. The molecular weight excluding hydrogens is 376 g/mol. The highest BCUT2D eigenvalue weighted by atomic mass is 79.9. The van der Waals surface area contributed by atoms with Gasteiger partial charge < -0.3 is 4.57 Å². The number of hydrogen-bond acceptors (Lipinski definition) is 2. The van der Waals surface area contributed by atoms with Crippen LogP contribution in [0.4, 0.5) is 0 Å². The van der Waals surface area contributed by atoms with Crippen molar-refractivity contribution < 1.29 is 4.79 Å². The average molecular weight is 393 g/mol. The fourth-order valence-electron chi connectivity index (χ4n) is 2.39. The van der Waals surface area contributed by atoms with Gasteiger partial charge in [0.15, 0.2) is 0 Å². The summed E-state index contributed by atoms with van der Waals surface area (Å²) in [4.78, 5) is 17.1. The molecule has 3 rings (SSSR count). The van der Waals surface area contributed by atoms with Gasteiger partial charge >= 0.3 is 0 Å². The smallest absolute Gasteiger partial charge is 0.209 e. The monoisotopic (exact) mass is 392 g/mol. The molecule has 0 amide bonds. The zero-order chi connectivity index (χ0) is 17.6. The number of benzene rings is 2. The van der Waals surface area contributed by atoms with Gasteiger partial charge in [-0.25, -0.2) is 4.98 Å². The summed E-state index contributed by atoms with van der Waals surface area (Å²) in [6.07, 6.45) is 9.18. The zero-order valence-electron chi connectivity index (χ0n) is 13.8. The lowest BCUT2D eigenvalue weighted by atomic mass is 10.1. The first-order valence-electron chi connectivity index (χ1n) is 7.88. The third kappa shape index (κ3) is 4.43. The second-order valence-corrected chi connectivity index (χ2v) is 6.50. The molecule has 3 nitrogen and oxygen atoms in total.